The van der Waals surface area contributed by atoms with Crippen LogP contribution >= 0.6 is 0 Å². The third-order valence-electron chi connectivity index (χ3n) is 4.27. The van der Waals surface area contributed by atoms with Crippen molar-refractivity contribution in [1.29, 1.82) is 0 Å². The maximum atomic E-state index is 5.29. The summed E-state index contributed by atoms with van der Waals surface area (Å²) in [4.78, 5) is 6.53. The van der Waals surface area contributed by atoms with Crippen molar-refractivity contribution in [3.63, 3.8) is 0 Å². The molecule has 0 aliphatic carbocycles. The summed E-state index contributed by atoms with van der Waals surface area (Å²) in [6, 6.07) is 5.96. The highest BCUT2D eigenvalue weighted by atomic mass is 16.5. The summed E-state index contributed by atoms with van der Waals surface area (Å²) in [5.41, 5.74) is 2.01. The summed E-state index contributed by atoms with van der Waals surface area (Å²) in [6.45, 7) is 7.53. The molecule has 1 aliphatic rings. The molecule has 0 radical (unpaired) electrons. The first-order valence-corrected chi connectivity index (χ1v) is 8.02. The van der Waals surface area contributed by atoms with E-state index in [0.29, 0.717) is 11.7 Å². The van der Waals surface area contributed by atoms with E-state index in [1.165, 1.54) is 0 Å². The lowest BCUT2D eigenvalue weighted by Crippen LogP contribution is -2.21. The highest BCUT2D eigenvalue weighted by molar-refractivity contribution is 5.42. The van der Waals surface area contributed by atoms with E-state index < -0.39 is 0 Å². The van der Waals surface area contributed by atoms with Crippen molar-refractivity contribution in [3.05, 3.63) is 41.3 Å². The van der Waals surface area contributed by atoms with Crippen molar-refractivity contribution >= 4 is 5.82 Å². The molecule has 0 spiro atoms. The van der Waals surface area contributed by atoms with Gasteiger partial charge in [0.25, 0.3) is 0 Å². The second-order valence-electron chi connectivity index (χ2n) is 6.20. The van der Waals surface area contributed by atoms with Crippen LogP contribution in [-0.4, -0.2) is 43.2 Å². The quantitative estimate of drug-likeness (QED) is 0.727. The number of nitrogens with zero attached hydrogens (tertiary/aromatic N) is 7. The fraction of sp³-hybridized carbons (Fsp3) is 0.438. The van der Waals surface area contributed by atoms with Gasteiger partial charge in [-0.1, -0.05) is 5.16 Å². The van der Waals surface area contributed by atoms with Crippen LogP contribution in [0.5, 0.6) is 0 Å². The van der Waals surface area contributed by atoms with Crippen molar-refractivity contribution in [2.24, 2.45) is 0 Å². The number of anilines is 1. The Kier molecular flexibility index (Phi) is 3.51. The molecule has 1 unspecified atom stereocenters. The topological polar surface area (TPSA) is 85.8 Å². The molecule has 0 aromatic carbocycles. The van der Waals surface area contributed by atoms with Crippen LogP contribution in [0.3, 0.4) is 0 Å². The van der Waals surface area contributed by atoms with E-state index in [-0.39, 0.29) is 5.92 Å². The highest BCUT2D eigenvalue weighted by Crippen LogP contribution is 2.28. The molecule has 8 heteroatoms. The number of hydrogen-bond acceptors (Lipinski definition) is 7. The van der Waals surface area contributed by atoms with Gasteiger partial charge in [0.05, 0.1) is 11.6 Å². The van der Waals surface area contributed by atoms with E-state index in [4.69, 9.17) is 4.52 Å². The van der Waals surface area contributed by atoms with E-state index in [1.807, 2.05) is 39.0 Å². The maximum absolute atomic E-state index is 5.29. The molecule has 4 heterocycles. The summed E-state index contributed by atoms with van der Waals surface area (Å²) in [7, 11) is 0. The molecule has 0 amide bonds. The Labute approximate surface area is 139 Å². The van der Waals surface area contributed by atoms with Gasteiger partial charge in [0, 0.05) is 18.8 Å². The van der Waals surface area contributed by atoms with Crippen LogP contribution in [0.1, 0.15) is 35.4 Å². The molecule has 1 atom stereocenters. The zero-order valence-corrected chi connectivity index (χ0v) is 14.0. The Bertz CT molecular complexity index is 852. The van der Waals surface area contributed by atoms with Crippen molar-refractivity contribution in [3.8, 4) is 5.82 Å². The first-order chi connectivity index (χ1) is 11.6. The maximum Gasteiger partial charge on any atom is 0.231 e. The second kappa shape index (κ2) is 5.70. The van der Waals surface area contributed by atoms with Gasteiger partial charge in [-0.15, -0.1) is 10.2 Å². The number of rotatable bonds is 3. The largest absolute Gasteiger partial charge is 0.354 e. The molecule has 24 heavy (non-hydrogen) atoms. The van der Waals surface area contributed by atoms with E-state index in [0.717, 1.165) is 42.5 Å². The van der Waals surface area contributed by atoms with Crippen LogP contribution in [-0.2, 0) is 0 Å². The molecule has 1 fully saturated rings. The minimum Gasteiger partial charge on any atom is -0.354 e. The van der Waals surface area contributed by atoms with Gasteiger partial charge < -0.3 is 9.42 Å². The second-order valence-corrected chi connectivity index (χ2v) is 6.20. The molecular formula is C16H19N7O. The smallest absolute Gasteiger partial charge is 0.231 e. The van der Waals surface area contributed by atoms with E-state index in [9.17, 15) is 0 Å². The predicted molar refractivity (Wildman–Crippen MR) is 87.2 cm³/mol. The Morgan fingerprint density at radius 2 is 1.92 bits per heavy atom. The predicted octanol–water partition coefficient (Wildman–Crippen LogP) is 1.96. The zero-order valence-electron chi connectivity index (χ0n) is 14.0. The van der Waals surface area contributed by atoms with E-state index in [1.54, 1.807) is 4.68 Å². The Morgan fingerprint density at radius 1 is 1.12 bits per heavy atom. The first-order valence-electron chi connectivity index (χ1n) is 8.02. The van der Waals surface area contributed by atoms with Gasteiger partial charge in [0.2, 0.25) is 5.89 Å². The molecule has 3 aromatic heterocycles. The Balaban J connectivity index is 1.50. The molecule has 4 rings (SSSR count). The highest BCUT2D eigenvalue weighted by Gasteiger charge is 2.29. The molecule has 0 N–H and O–H groups in total. The summed E-state index contributed by atoms with van der Waals surface area (Å²) < 4.78 is 7.10. The third kappa shape index (κ3) is 2.64. The van der Waals surface area contributed by atoms with Gasteiger partial charge in [-0.05, 0) is 45.4 Å². The molecule has 8 nitrogen and oxygen atoms in total. The monoisotopic (exact) mass is 325 g/mol. The van der Waals surface area contributed by atoms with Crippen molar-refractivity contribution in [2.75, 3.05) is 18.0 Å². The lowest BCUT2D eigenvalue weighted by atomic mass is 10.1. The molecule has 0 saturated carbocycles. The van der Waals surface area contributed by atoms with Gasteiger partial charge in [0.1, 0.15) is 0 Å². The van der Waals surface area contributed by atoms with E-state index in [2.05, 4.69) is 30.3 Å². The first kappa shape index (κ1) is 14.8. The van der Waals surface area contributed by atoms with Crippen LogP contribution in [0, 0.1) is 20.8 Å². The van der Waals surface area contributed by atoms with Crippen molar-refractivity contribution in [2.45, 2.75) is 33.1 Å². The fourth-order valence-corrected chi connectivity index (χ4v) is 3.11. The summed E-state index contributed by atoms with van der Waals surface area (Å²) in [5, 5.41) is 17.0. The van der Waals surface area contributed by atoms with Crippen molar-refractivity contribution < 1.29 is 4.52 Å². The van der Waals surface area contributed by atoms with Crippen LogP contribution < -0.4 is 4.90 Å². The third-order valence-corrected chi connectivity index (χ3v) is 4.27. The summed E-state index contributed by atoms with van der Waals surface area (Å²) >= 11 is 0. The van der Waals surface area contributed by atoms with Crippen LogP contribution in [0.2, 0.25) is 0 Å². The molecular weight excluding hydrogens is 306 g/mol. The fourth-order valence-electron chi connectivity index (χ4n) is 3.11. The summed E-state index contributed by atoms with van der Waals surface area (Å²) in [6.07, 6.45) is 0.975. The molecule has 3 aromatic rings. The minimum atomic E-state index is 0.253. The Hall–Kier alpha value is -2.77. The molecule has 1 saturated heterocycles. The van der Waals surface area contributed by atoms with Gasteiger partial charge in [-0.25, -0.2) is 4.68 Å². The van der Waals surface area contributed by atoms with Gasteiger partial charge in [0.15, 0.2) is 17.5 Å². The lowest BCUT2D eigenvalue weighted by Gasteiger charge is -2.16. The normalized spacial score (nSPS) is 17.6. The van der Waals surface area contributed by atoms with Gasteiger partial charge in [-0.3, -0.25) is 0 Å². The number of hydrogen-bond donors (Lipinski definition) is 0. The van der Waals surface area contributed by atoms with Crippen LogP contribution in [0.15, 0.2) is 22.7 Å². The van der Waals surface area contributed by atoms with Gasteiger partial charge in [-0.2, -0.15) is 10.1 Å². The summed E-state index contributed by atoms with van der Waals surface area (Å²) in [5.74, 6) is 3.23. The number of aromatic nitrogens is 6. The van der Waals surface area contributed by atoms with Gasteiger partial charge >= 0.3 is 0 Å². The SMILES string of the molecule is Cc1cc(C)n(-c2ccc(N3CCC(c4nc(C)no4)C3)nn2)n1. The Morgan fingerprint density at radius 3 is 2.54 bits per heavy atom. The zero-order chi connectivity index (χ0) is 16.7. The number of aryl methyl sites for hydroxylation is 3. The molecule has 0 bridgehead atoms. The average molecular weight is 325 g/mol. The van der Waals surface area contributed by atoms with Crippen molar-refractivity contribution in [1.82, 2.24) is 30.1 Å². The minimum absolute atomic E-state index is 0.253. The average Bonchev–Trinajstić information content (AvgIpc) is 3.27. The molecule has 1 aliphatic heterocycles. The van der Waals surface area contributed by atoms with Crippen LogP contribution in [0.4, 0.5) is 5.82 Å². The molecule has 124 valence electrons. The lowest BCUT2D eigenvalue weighted by molar-refractivity contribution is 0.356. The van der Waals surface area contributed by atoms with E-state index >= 15 is 0 Å². The standard InChI is InChI=1S/C16H19N7O/c1-10-8-11(2)23(20-10)15-5-4-14(18-19-15)22-7-6-13(9-22)16-17-12(3)21-24-16/h4-5,8,13H,6-7,9H2,1-3H3. The van der Waals surface area contributed by atoms with Crippen LogP contribution in [0.25, 0.3) is 5.82 Å².